The van der Waals surface area contributed by atoms with Gasteiger partial charge in [0.25, 0.3) is 5.91 Å². The number of amides is 1. The van der Waals surface area contributed by atoms with E-state index in [-0.39, 0.29) is 23.9 Å². The van der Waals surface area contributed by atoms with E-state index in [9.17, 15) is 13.2 Å². The third-order valence-electron chi connectivity index (χ3n) is 5.74. The number of ether oxygens (including phenoxy) is 2. The fraction of sp³-hybridized carbons (Fsp3) is 0.280. The van der Waals surface area contributed by atoms with Crippen molar-refractivity contribution >= 4 is 15.9 Å². The van der Waals surface area contributed by atoms with Gasteiger partial charge in [0.1, 0.15) is 6.61 Å². The first kappa shape index (κ1) is 23.7. The number of sulfonamides is 1. The zero-order valence-corrected chi connectivity index (χ0v) is 20.0. The van der Waals surface area contributed by atoms with Crippen LogP contribution in [-0.4, -0.2) is 61.8 Å². The number of aromatic nitrogens is 1. The van der Waals surface area contributed by atoms with Crippen LogP contribution in [0.1, 0.15) is 21.5 Å². The lowest BCUT2D eigenvalue weighted by atomic mass is 10.1. The molecule has 1 aliphatic rings. The van der Waals surface area contributed by atoms with Gasteiger partial charge in [-0.1, -0.05) is 17.7 Å². The van der Waals surface area contributed by atoms with E-state index in [1.54, 1.807) is 66.9 Å². The molecule has 0 unspecified atom stereocenters. The number of carbonyl (C=O) groups is 1. The Hall–Kier alpha value is -3.43. The van der Waals surface area contributed by atoms with Gasteiger partial charge in [-0.05, 0) is 55.0 Å². The lowest BCUT2D eigenvalue weighted by Gasteiger charge is -2.34. The van der Waals surface area contributed by atoms with E-state index in [1.807, 2.05) is 19.1 Å². The second kappa shape index (κ2) is 10.2. The van der Waals surface area contributed by atoms with Gasteiger partial charge in [-0.2, -0.15) is 4.31 Å². The van der Waals surface area contributed by atoms with Crippen molar-refractivity contribution < 1.29 is 22.7 Å². The summed E-state index contributed by atoms with van der Waals surface area (Å²) in [6.07, 6.45) is 3.38. The topological polar surface area (TPSA) is 89.0 Å². The molecule has 8 nitrogen and oxygen atoms in total. The molecule has 34 heavy (non-hydrogen) atoms. The third-order valence-corrected chi connectivity index (χ3v) is 7.65. The minimum absolute atomic E-state index is 0.177. The maximum absolute atomic E-state index is 13.1. The van der Waals surface area contributed by atoms with Gasteiger partial charge in [-0.25, -0.2) is 8.42 Å². The normalized spacial score (nSPS) is 14.6. The summed E-state index contributed by atoms with van der Waals surface area (Å²) in [5.41, 5.74) is 2.40. The second-order valence-corrected chi connectivity index (χ2v) is 9.96. The minimum Gasteiger partial charge on any atom is -0.493 e. The summed E-state index contributed by atoms with van der Waals surface area (Å²) in [6, 6.07) is 15.6. The molecule has 1 amide bonds. The molecule has 3 aromatic rings. The molecule has 9 heteroatoms. The Morgan fingerprint density at radius 1 is 0.941 bits per heavy atom. The summed E-state index contributed by atoms with van der Waals surface area (Å²) in [7, 11) is -2.04. The highest BCUT2D eigenvalue weighted by molar-refractivity contribution is 7.89. The average Bonchev–Trinajstić information content (AvgIpc) is 2.88. The van der Waals surface area contributed by atoms with Crippen LogP contribution in [0.2, 0.25) is 0 Å². The molecule has 1 saturated heterocycles. The number of carbonyl (C=O) groups excluding carboxylic acids is 1. The molecule has 0 bridgehead atoms. The van der Waals surface area contributed by atoms with E-state index >= 15 is 0 Å². The van der Waals surface area contributed by atoms with Crippen LogP contribution in [0.4, 0.5) is 0 Å². The van der Waals surface area contributed by atoms with E-state index < -0.39 is 10.0 Å². The fourth-order valence-electron chi connectivity index (χ4n) is 3.74. The van der Waals surface area contributed by atoms with E-state index in [4.69, 9.17) is 9.47 Å². The number of hydrogen-bond acceptors (Lipinski definition) is 6. The first-order valence-electron chi connectivity index (χ1n) is 10.9. The van der Waals surface area contributed by atoms with Crippen molar-refractivity contribution in [1.82, 2.24) is 14.2 Å². The monoisotopic (exact) mass is 481 g/mol. The molecule has 0 spiro atoms. The van der Waals surface area contributed by atoms with E-state index in [1.165, 1.54) is 4.31 Å². The quantitative estimate of drug-likeness (QED) is 0.515. The zero-order valence-electron chi connectivity index (χ0n) is 19.2. The van der Waals surface area contributed by atoms with Gasteiger partial charge in [-0.15, -0.1) is 0 Å². The van der Waals surface area contributed by atoms with Crippen LogP contribution < -0.4 is 9.47 Å². The number of nitrogens with zero attached hydrogens (tertiary/aromatic N) is 3. The van der Waals surface area contributed by atoms with Crippen LogP contribution in [-0.2, 0) is 16.6 Å². The van der Waals surface area contributed by atoms with Crippen LogP contribution >= 0.6 is 0 Å². The van der Waals surface area contributed by atoms with E-state index in [0.29, 0.717) is 36.8 Å². The molecular weight excluding hydrogens is 454 g/mol. The van der Waals surface area contributed by atoms with Gasteiger partial charge < -0.3 is 14.4 Å². The average molecular weight is 482 g/mol. The highest BCUT2D eigenvalue weighted by Crippen LogP contribution is 2.30. The largest absolute Gasteiger partial charge is 0.493 e. The molecule has 2 aromatic carbocycles. The molecule has 2 heterocycles. The number of aryl methyl sites for hydroxylation is 1. The van der Waals surface area contributed by atoms with Crippen molar-refractivity contribution in [1.29, 1.82) is 0 Å². The molecule has 1 aromatic heterocycles. The molecule has 0 saturated carbocycles. The van der Waals surface area contributed by atoms with Crippen molar-refractivity contribution in [2.24, 2.45) is 0 Å². The number of piperazine rings is 1. The van der Waals surface area contributed by atoms with Crippen LogP contribution in [0, 0.1) is 6.92 Å². The fourth-order valence-corrected chi connectivity index (χ4v) is 5.16. The lowest BCUT2D eigenvalue weighted by molar-refractivity contribution is 0.0697. The summed E-state index contributed by atoms with van der Waals surface area (Å²) in [5.74, 6) is 0.814. The van der Waals surface area contributed by atoms with Gasteiger partial charge in [-0.3, -0.25) is 9.78 Å². The maximum atomic E-state index is 13.1. The standard InChI is InChI=1S/C25H27N3O5S/c1-19-3-6-22(7-4-19)34(30,31)28-15-13-27(14-16-28)25(29)21-5-8-23(32-2)24(17-21)33-18-20-9-11-26-12-10-20/h3-12,17H,13-16,18H2,1-2H3. The Labute approximate surface area is 199 Å². The molecule has 1 fully saturated rings. The molecule has 0 aliphatic carbocycles. The van der Waals surface area contributed by atoms with Crippen LogP contribution in [0.15, 0.2) is 71.9 Å². The number of methoxy groups -OCH3 is 1. The molecule has 4 rings (SSSR count). The summed E-state index contributed by atoms with van der Waals surface area (Å²) in [5, 5.41) is 0. The molecule has 178 valence electrons. The van der Waals surface area contributed by atoms with Crippen molar-refractivity contribution in [3.8, 4) is 11.5 Å². The smallest absolute Gasteiger partial charge is 0.254 e. The number of pyridine rings is 1. The Bertz CT molecular complexity index is 1240. The number of benzene rings is 2. The predicted molar refractivity (Wildman–Crippen MR) is 127 cm³/mol. The van der Waals surface area contributed by atoms with Gasteiger partial charge in [0.15, 0.2) is 11.5 Å². The zero-order chi connectivity index (χ0) is 24.1. The summed E-state index contributed by atoms with van der Waals surface area (Å²) >= 11 is 0. The van der Waals surface area contributed by atoms with Crippen molar-refractivity contribution in [3.05, 3.63) is 83.7 Å². The predicted octanol–water partition coefficient (Wildman–Crippen LogP) is 3.12. The summed E-state index contributed by atoms with van der Waals surface area (Å²) < 4.78 is 38.6. The van der Waals surface area contributed by atoms with Crippen LogP contribution in [0.3, 0.4) is 0 Å². The molecule has 0 N–H and O–H groups in total. The van der Waals surface area contributed by atoms with E-state index in [0.717, 1.165) is 11.1 Å². The van der Waals surface area contributed by atoms with Crippen LogP contribution in [0.5, 0.6) is 11.5 Å². The van der Waals surface area contributed by atoms with Crippen molar-refractivity contribution in [2.45, 2.75) is 18.4 Å². The number of hydrogen-bond donors (Lipinski definition) is 0. The van der Waals surface area contributed by atoms with Crippen LogP contribution in [0.25, 0.3) is 0 Å². The van der Waals surface area contributed by atoms with Crippen molar-refractivity contribution in [3.63, 3.8) is 0 Å². The lowest BCUT2D eigenvalue weighted by Crippen LogP contribution is -2.50. The van der Waals surface area contributed by atoms with Gasteiger partial charge in [0, 0.05) is 44.1 Å². The first-order valence-corrected chi connectivity index (χ1v) is 12.4. The molecule has 1 aliphatic heterocycles. The summed E-state index contributed by atoms with van der Waals surface area (Å²) in [6.45, 7) is 3.32. The number of rotatable bonds is 7. The molecule has 0 radical (unpaired) electrons. The Kier molecular flexibility index (Phi) is 7.14. The minimum atomic E-state index is -3.59. The highest BCUT2D eigenvalue weighted by Gasteiger charge is 2.30. The van der Waals surface area contributed by atoms with Gasteiger partial charge >= 0.3 is 0 Å². The van der Waals surface area contributed by atoms with E-state index in [2.05, 4.69) is 4.98 Å². The van der Waals surface area contributed by atoms with Gasteiger partial charge in [0.05, 0.1) is 12.0 Å². The second-order valence-electron chi connectivity index (χ2n) is 8.02. The first-order chi connectivity index (χ1) is 16.4. The summed E-state index contributed by atoms with van der Waals surface area (Å²) in [4.78, 5) is 19.1. The van der Waals surface area contributed by atoms with Gasteiger partial charge in [0.2, 0.25) is 10.0 Å². The molecular formula is C25H27N3O5S. The maximum Gasteiger partial charge on any atom is 0.254 e. The SMILES string of the molecule is COc1ccc(C(=O)N2CCN(S(=O)(=O)c3ccc(C)cc3)CC2)cc1OCc1ccncc1. The van der Waals surface area contributed by atoms with Crippen molar-refractivity contribution in [2.75, 3.05) is 33.3 Å². The Morgan fingerprint density at radius 3 is 2.26 bits per heavy atom. The Morgan fingerprint density at radius 2 is 1.62 bits per heavy atom. The Balaban J connectivity index is 1.43. The highest BCUT2D eigenvalue weighted by atomic mass is 32.2. The molecule has 0 atom stereocenters. The third kappa shape index (κ3) is 5.21.